The SMILES string of the molecule is CSc1ccnc(C(C)C)c1-n1c(=O)ncc2cc(Cl)cnc21. The van der Waals surface area contributed by atoms with E-state index >= 15 is 0 Å². The minimum atomic E-state index is -0.377. The maximum atomic E-state index is 12.5. The number of hydrogen-bond acceptors (Lipinski definition) is 5. The minimum Gasteiger partial charge on any atom is -0.259 e. The van der Waals surface area contributed by atoms with Crippen molar-refractivity contribution in [1.29, 1.82) is 0 Å². The Morgan fingerprint density at radius 1 is 1.22 bits per heavy atom. The van der Waals surface area contributed by atoms with E-state index in [4.69, 9.17) is 11.6 Å². The van der Waals surface area contributed by atoms with E-state index in [0.717, 1.165) is 16.3 Å². The molecule has 3 heterocycles. The molecule has 3 rings (SSSR count). The van der Waals surface area contributed by atoms with Crippen molar-refractivity contribution in [2.24, 2.45) is 0 Å². The van der Waals surface area contributed by atoms with Crippen molar-refractivity contribution in [2.75, 3.05) is 6.26 Å². The molecule has 0 spiro atoms. The standard InChI is InChI=1S/C16H15ClN4OS/c1-9(2)13-14(12(23-3)4-5-18-13)21-15-10(7-20-16(21)22)6-11(17)8-19-15/h4-9H,1-3H3. The van der Waals surface area contributed by atoms with Gasteiger partial charge in [-0.15, -0.1) is 11.8 Å². The Hall–Kier alpha value is -1.92. The summed E-state index contributed by atoms with van der Waals surface area (Å²) in [6.07, 6.45) is 6.76. The minimum absolute atomic E-state index is 0.159. The van der Waals surface area contributed by atoms with Crippen LogP contribution in [0.3, 0.4) is 0 Å². The van der Waals surface area contributed by atoms with Crippen LogP contribution in [0.25, 0.3) is 16.7 Å². The van der Waals surface area contributed by atoms with Crippen LogP contribution in [0.15, 0.2) is 40.4 Å². The molecule has 0 aliphatic heterocycles. The summed E-state index contributed by atoms with van der Waals surface area (Å²) in [5, 5.41) is 1.22. The second-order valence-corrected chi connectivity index (χ2v) is 6.63. The van der Waals surface area contributed by atoms with E-state index in [1.807, 2.05) is 26.2 Å². The van der Waals surface area contributed by atoms with Crippen molar-refractivity contribution >= 4 is 34.4 Å². The molecule has 5 nitrogen and oxygen atoms in total. The Bertz CT molecular complexity index is 939. The zero-order valence-electron chi connectivity index (χ0n) is 12.9. The number of thioether (sulfide) groups is 1. The molecule has 0 bridgehead atoms. The van der Waals surface area contributed by atoms with Crippen LogP contribution in [-0.2, 0) is 0 Å². The first-order valence-corrected chi connectivity index (χ1v) is 8.69. The third-order valence-corrected chi connectivity index (χ3v) is 4.46. The summed E-state index contributed by atoms with van der Waals surface area (Å²) in [4.78, 5) is 26.3. The molecule has 0 unspecified atom stereocenters. The number of hydrogen-bond donors (Lipinski definition) is 0. The molecule has 0 radical (unpaired) electrons. The smallest absolute Gasteiger partial charge is 0.259 e. The van der Waals surface area contributed by atoms with Gasteiger partial charge in [0.15, 0.2) is 0 Å². The fraction of sp³-hybridized carbons (Fsp3) is 0.250. The molecule has 0 aliphatic carbocycles. The van der Waals surface area contributed by atoms with Crippen LogP contribution in [0.1, 0.15) is 25.5 Å². The average molecular weight is 347 g/mol. The van der Waals surface area contributed by atoms with Gasteiger partial charge in [-0.3, -0.25) is 4.98 Å². The Morgan fingerprint density at radius 3 is 2.70 bits per heavy atom. The predicted molar refractivity (Wildman–Crippen MR) is 93.8 cm³/mol. The maximum Gasteiger partial charge on any atom is 0.353 e. The number of halogens is 1. The lowest BCUT2D eigenvalue weighted by atomic mass is 10.1. The van der Waals surface area contributed by atoms with Crippen molar-refractivity contribution in [1.82, 2.24) is 19.5 Å². The van der Waals surface area contributed by atoms with E-state index in [0.29, 0.717) is 16.1 Å². The van der Waals surface area contributed by atoms with Gasteiger partial charge in [-0.1, -0.05) is 25.4 Å². The van der Waals surface area contributed by atoms with E-state index in [-0.39, 0.29) is 11.6 Å². The Labute approximate surface area is 142 Å². The molecular weight excluding hydrogens is 332 g/mol. The average Bonchev–Trinajstić information content (AvgIpc) is 2.54. The van der Waals surface area contributed by atoms with Crippen LogP contribution in [-0.4, -0.2) is 25.8 Å². The topological polar surface area (TPSA) is 60.7 Å². The molecular formula is C16H15ClN4OS. The van der Waals surface area contributed by atoms with Gasteiger partial charge in [-0.25, -0.2) is 19.3 Å². The van der Waals surface area contributed by atoms with Crippen LogP contribution >= 0.6 is 23.4 Å². The van der Waals surface area contributed by atoms with Crippen LogP contribution in [0.2, 0.25) is 5.02 Å². The summed E-state index contributed by atoms with van der Waals surface area (Å²) in [7, 11) is 0. The summed E-state index contributed by atoms with van der Waals surface area (Å²) in [6.45, 7) is 4.09. The van der Waals surface area contributed by atoms with Gasteiger partial charge >= 0.3 is 5.69 Å². The number of rotatable bonds is 3. The number of nitrogens with zero attached hydrogens (tertiary/aromatic N) is 4. The highest BCUT2D eigenvalue weighted by Gasteiger charge is 2.18. The van der Waals surface area contributed by atoms with Gasteiger partial charge in [0.25, 0.3) is 0 Å². The zero-order valence-corrected chi connectivity index (χ0v) is 14.5. The van der Waals surface area contributed by atoms with Crippen LogP contribution in [0.5, 0.6) is 0 Å². The molecule has 3 aromatic rings. The second kappa shape index (κ2) is 6.29. The van der Waals surface area contributed by atoms with Gasteiger partial charge in [0.05, 0.1) is 16.4 Å². The lowest BCUT2D eigenvalue weighted by Gasteiger charge is -2.17. The van der Waals surface area contributed by atoms with Gasteiger partial charge in [-0.2, -0.15) is 0 Å². The first-order chi connectivity index (χ1) is 11.0. The fourth-order valence-corrected chi connectivity index (χ4v) is 3.22. The molecule has 3 aromatic heterocycles. The van der Waals surface area contributed by atoms with Crippen molar-refractivity contribution in [2.45, 2.75) is 24.7 Å². The van der Waals surface area contributed by atoms with Crippen LogP contribution in [0, 0.1) is 0 Å². The van der Waals surface area contributed by atoms with Crippen LogP contribution < -0.4 is 5.69 Å². The molecule has 0 saturated carbocycles. The molecule has 0 aromatic carbocycles. The van der Waals surface area contributed by atoms with Gasteiger partial charge in [0.2, 0.25) is 0 Å². The summed E-state index contributed by atoms with van der Waals surface area (Å²) in [5.41, 5.74) is 1.73. The number of aromatic nitrogens is 4. The van der Waals surface area contributed by atoms with Crippen molar-refractivity contribution in [3.05, 3.63) is 51.9 Å². The van der Waals surface area contributed by atoms with Gasteiger partial charge < -0.3 is 0 Å². The van der Waals surface area contributed by atoms with Crippen molar-refractivity contribution < 1.29 is 0 Å². The molecule has 118 valence electrons. The first-order valence-electron chi connectivity index (χ1n) is 7.09. The molecule has 0 saturated heterocycles. The first kappa shape index (κ1) is 16.0. The highest BCUT2D eigenvalue weighted by molar-refractivity contribution is 7.98. The monoisotopic (exact) mass is 346 g/mol. The largest absolute Gasteiger partial charge is 0.353 e. The van der Waals surface area contributed by atoms with E-state index in [9.17, 15) is 4.79 Å². The highest BCUT2D eigenvalue weighted by atomic mass is 35.5. The van der Waals surface area contributed by atoms with E-state index in [1.54, 1.807) is 24.0 Å². The summed E-state index contributed by atoms with van der Waals surface area (Å²) >= 11 is 7.56. The molecule has 0 atom stereocenters. The summed E-state index contributed by atoms with van der Waals surface area (Å²) < 4.78 is 1.53. The zero-order chi connectivity index (χ0) is 16.6. The van der Waals surface area contributed by atoms with Gasteiger partial charge in [0.1, 0.15) is 5.65 Å². The lowest BCUT2D eigenvalue weighted by molar-refractivity contribution is 0.783. The van der Waals surface area contributed by atoms with E-state index in [2.05, 4.69) is 15.0 Å². The Balaban J connectivity index is 2.46. The Morgan fingerprint density at radius 2 is 2.00 bits per heavy atom. The quantitative estimate of drug-likeness (QED) is 0.677. The number of pyridine rings is 2. The molecule has 23 heavy (non-hydrogen) atoms. The van der Waals surface area contributed by atoms with E-state index < -0.39 is 0 Å². The second-order valence-electron chi connectivity index (χ2n) is 5.34. The lowest BCUT2D eigenvalue weighted by Crippen LogP contribution is -2.24. The fourth-order valence-electron chi connectivity index (χ4n) is 2.47. The molecule has 7 heteroatoms. The number of fused-ring (bicyclic) bond motifs is 1. The van der Waals surface area contributed by atoms with Crippen molar-refractivity contribution in [3.8, 4) is 5.69 Å². The van der Waals surface area contributed by atoms with Crippen molar-refractivity contribution in [3.63, 3.8) is 0 Å². The normalized spacial score (nSPS) is 11.3. The molecule has 0 aliphatic rings. The predicted octanol–water partition coefficient (Wildman–Crippen LogP) is 3.67. The third-order valence-electron chi connectivity index (χ3n) is 3.48. The van der Waals surface area contributed by atoms with E-state index in [1.165, 1.54) is 17.0 Å². The van der Waals surface area contributed by atoms with Gasteiger partial charge in [0, 0.05) is 28.9 Å². The molecule has 0 fully saturated rings. The summed E-state index contributed by atoms with van der Waals surface area (Å²) in [5.74, 6) is 0.159. The van der Waals surface area contributed by atoms with Crippen LogP contribution in [0.4, 0.5) is 0 Å². The molecule has 0 amide bonds. The maximum absolute atomic E-state index is 12.5. The highest BCUT2D eigenvalue weighted by Crippen LogP contribution is 2.30. The van der Waals surface area contributed by atoms with Gasteiger partial charge in [-0.05, 0) is 24.3 Å². The molecule has 0 N–H and O–H groups in total. The third kappa shape index (κ3) is 2.84. The summed E-state index contributed by atoms with van der Waals surface area (Å²) in [6, 6.07) is 3.64. The Kier molecular flexibility index (Phi) is 4.37.